The minimum absolute atomic E-state index is 0.0486. The smallest absolute Gasteiger partial charge is 0.250 e. The summed E-state index contributed by atoms with van der Waals surface area (Å²) < 4.78 is 0. The number of aromatic nitrogens is 1. The number of rotatable bonds is 4. The fourth-order valence-electron chi connectivity index (χ4n) is 3.01. The molecule has 5 nitrogen and oxygen atoms in total. The predicted molar refractivity (Wildman–Crippen MR) is 90.0 cm³/mol. The van der Waals surface area contributed by atoms with Crippen molar-refractivity contribution in [2.24, 2.45) is 0 Å². The van der Waals surface area contributed by atoms with E-state index in [4.69, 9.17) is 0 Å². The van der Waals surface area contributed by atoms with Crippen LogP contribution in [-0.2, 0) is 9.59 Å². The van der Waals surface area contributed by atoms with E-state index in [-0.39, 0.29) is 11.8 Å². The van der Waals surface area contributed by atoms with E-state index in [0.29, 0.717) is 25.1 Å². The van der Waals surface area contributed by atoms with Gasteiger partial charge in [-0.3, -0.25) is 14.6 Å². The number of anilines is 1. The molecule has 0 bridgehead atoms. The Bertz CT molecular complexity index is 754. The first-order valence-corrected chi connectivity index (χ1v) is 8.02. The summed E-state index contributed by atoms with van der Waals surface area (Å²) in [4.78, 5) is 30.9. The van der Waals surface area contributed by atoms with Crippen molar-refractivity contribution in [3.8, 4) is 0 Å². The molecule has 1 aliphatic heterocycles. The fourth-order valence-corrected chi connectivity index (χ4v) is 3.01. The van der Waals surface area contributed by atoms with Gasteiger partial charge in [0.2, 0.25) is 11.8 Å². The highest BCUT2D eigenvalue weighted by atomic mass is 16.2. The van der Waals surface area contributed by atoms with Crippen molar-refractivity contribution in [1.29, 1.82) is 0 Å². The van der Waals surface area contributed by atoms with Crippen LogP contribution in [0.3, 0.4) is 0 Å². The van der Waals surface area contributed by atoms with E-state index < -0.39 is 5.54 Å². The zero-order chi connectivity index (χ0) is 16.4. The van der Waals surface area contributed by atoms with Crippen LogP contribution >= 0.6 is 0 Å². The van der Waals surface area contributed by atoms with Crippen molar-refractivity contribution in [3.63, 3.8) is 0 Å². The lowest BCUT2D eigenvalue weighted by Crippen LogP contribution is -2.66. The first-order chi connectivity index (χ1) is 11.1. The highest BCUT2D eigenvalue weighted by molar-refractivity contribution is 6.05. The van der Waals surface area contributed by atoms with E-state index in [0.717, 1.165) is 17.3 Å². The van der Waals surface area contributed by atoms with Crippen molar-refractivity contribution >= 4 is 28.4 Å². The third-order valence-electron chi connectivity index (χ3n) is 4.55. The summed E-state index contributed by atoms with van der Waals surface area (Å²) in [5.74, 6) is -0.0983. The van der Waals surface area contributed by atoms with E-state index >= 15 is 0 Å². The van der Waals surface area contributed by atoms with Gasteiger partial charge in [-0.25, -0.2) is 0 Å². The first kappa shape index (κ1) is 15.5. The van der Waals surface area contributed by atoms with E-state index in [2.05, 4.69) is 10.3 Å². The van der Waals surface area contributed by atoms with Crippen LogP contribution in [0, 0.1) is 0 Å². The molecule has 0 radical (unpaired) electrons. The van der Waals surface area contributed by atoms with Crippen molar-refractivity contribution in [2.75, 3.05) is 11.9 Å². The molecular weight excluding hydrogens is 290 g/mol. The number of carbonyl (C=O) groups excluding carboxylic acids is 2. The van der Waals surface area contributed by atoms with Gasteiger partial charge in [0, 0.05) is 24.5 Å². The number of likely N-dealkylation sites (tertiary alicyclic amines) is 1. The monoisotopic (exact) mass is 311 g/mol. The molecule has 1 saturated heterocycles. The quantitative estimate of drug-likeness (QED) is 0.944. The second-order valence-corrected chi connectivity index (χ2v) is 6.15. The van der Waals surface area contributed by atoms with Crippen LogP contribution in [0.4, 0.5) is 5.69 Å². The number of nitrogens with one attached hydrogen (secondary N) is 1. The van der Waals surface area contributed by atoms with Crippen LogP contribution in [0.2, 0.25) is 0 Å². The molecule has 0 saturated carbocycles. The van der Waals surface area contributed by atoms with Gasteiger partial charge in [0.25, 0.3) is 0 Å². The molecule has 1 aliphatic rings. The van der Waals surface area contributed by atoms with E-state index in [1.807, 2.05) is 44.2 Å². The van der Waals surface area contributed by atoms with Gasteiger partial charge in [0.1, 0.15) is 5.54 Å². The molecule has 5 heteroatoms. The summed E-state index contributed by atoms with van der Waals surface area (Å²) in [6, 6.07) is 9.52. The number of fused-ring (bicyclic) bond motifs is 1. The number of hydrogen-bond acceptors (Lipinski definition) is 3. The highest BCUT2D eigenvalue weighted by Gasteiger charge is 2.49. The zero-order valence-electron chi connectivity index (χ0n) is 13.5. The van der Waals surface area contributed by atoms with Crippen LogP contribution in [-0.4, -0.2) is 33.8 Å². The Kier molecular flexibility index (Phi) is 4.03. The predicted octanol–water partition coefficient (Wildman–Crippen LogP) is 2.96. The molecular formula is C18H21N3O2. The summed E-state index contributed by atoms with van der Waals surface area (Å²) in [5.41, 5.74) is 0.685. The molecule has 120 valence electrons. The Morgan fingerprint density at radius 3 is 2.78 bits per heavy atom. The summed E-state index contributed by atoms with van der Waals surface area (Å²) >= 11 is 0. The van der Waals surface area contributed by atoms with E-state index in [1.54, 1.807) is 11.1 Å². The Morgan fingerprint density at radius 2 is 2.09 bits per heavy atom. The van der Waals surface area contributed by atoms with Gasteiger partial charge in [-0.15, -0.1) is 0 Å². The standard InChI is InChI=1S/C18H21N3O2/c1-3-6-15(22)21-12-10-18(21,2)17(23)20-14-9-4-7-13-8-5-11-19-16(13)14/h4-5,7-9,11H,3,6,10,12H2,1-2H3,(H,20,23). The molecule has 2 aromatic rings. The molecule has 1 aromatic heterocycles. The average molecular weight is 311 g/mol. The lowest BCUT2D eigenvalue weighted by atomic mass is 9.85. The van der Waals surface area contributed by atoms with E-state index in [1.165, 1.54) is 0 Å². The maximum Gasteiger partial charge on any atom is 0.250 e. The number of hydrogen-bond donors (Lipinski definition) is 1. The van der Waals surface area contributed by atoms with Gasteiger partial charge >= 0.3 is 0 Å². The molecule has 1 fully saturated rings. The Morgan fingerprint density at radius 1 is 1.30 bits per heavy atom. The van der Waals surface area contributed by atoms with Gasteiger partial charge in [0.05, 0.1) is 11.2 Å². The van der Waals surface area contributed by atoms with Gasteiger partial charge in [-0.1, -0.05) is 25.1 Å². The average Bonchev–Trinajstić information content (AvgIpc) is 2.53. The summed E-state index contributed by atoms with van der Waals surface area (Å²) in [6.07, 6.45) is 3.67. The normalized spacial score (nSPS) is 20.2. The van der Waals surface area contributed by atoms with Crippen molar-refractivity contribution in [3.05, 3.63) is 36.5 Å². The third-order valence-corrected chi connectivity index (χ3v) is 4.55. The molecule has 1 aromatic carbocycles. The minimum Gasteiger partial charge on any atom is -0.328 e. The third kappa shape index (κ3) is 2.67. The molecule has 1 atom stereocenters. The molecule has 0 aliphatic carbocycles. The number of amides is 2. The molecule has 1 unspecified atom stereocenters. The summed E-state index contributed by atoms with van der Waals surface area (Å²) in [6.45, 7) is 4.45. The van der Waals surface area contributed by atoms with Crippen LogP contribution in [0.1, 0.15) is 33.1 Å². The maximum absolute atomic E-state index is 12.7. The zero-order valence-corrected chi connectivity index (χ0v) is 13.5. The number of para-hydroxylation sites is 1. The lowest BCUT2D eigenvalue weighted by molar-refractivity contribution is -0.154. The number of carbonyl (C=O) groups is 2. The first-order valence-electron chi connectivity index (χ1n) is 8.02. The second-order valence-electron chi connectivity index (χ2n) is 6.15. The molecule has 2 amide bonds. The van der Waals surface area contributed by atoms with Crippen molar-refractivity contribution in [2.45, 2.75) is 38.6 Å². The summed E-state index contributed by atoms with van der Waals surface area (Å²) in [5, 5.41) is 3.93. The SMILES string of the molecule is CCCC(=O)N1CCC1(C)C(=O)Nc1cccc2cccnc12. The van der Waals surface area contributed by atoms with Crippen LogP contribution in [0.5, 0.6) is 0 Å². The van der Waals surface area contributed by atoms with Gasteiger partial charge in [-0.05, 0) is 31.9 Å². The number of nitrogens with zero attached hydrogens (tertiary/aromatic N) is 2. The molecule has 2 heterocycles. The Balaban J connectivity index is 1.82. The fraction of sp³-hybridized carbons (Fsp3) is 0.389. The van der Waals surface area contributed by atoms with Crippen LogP contribution in [0.15, 0.2) is 36.5 Å². The van der Waals surface area contributed by atoms with Crippen LogP contribution in [0.25, 0.3) is 10.9 Å². The molecule has 1 N–H and O–H groups in total. The maximum atomic E-state index is 12.7. The number of benzene rings is 1. The van der Waals surface area contributed by atoms with Crippen molar-refractivity contribution in [1.82, 2.24) is 9.88 Å². The van der Waals surface area contributed by atoms with Crippen molar-refractivity contribution < 1.29 is 9.59 Å². The lowest BCUT2D eigenvalue weighted by Gasteiger charge is -2.49. The molecule has 3 rings (SSSR count). The Hall–Kier alpha value is -2.43. The van der Waals surface area contributed by atoms with Gasteiger partial charge in [-0.2, -0.15) is 0 Å². The summed E-state index contributed by atoms with van der Waals surface area (Å²) in [7, 11) is 0. The van der Waals surface area contributed by atoms with Gasteiger partial charge in [0.15, 0.2) is 0 Å². The second kappa shape index (κ2) is 5.99. The number of pyridine rings is 1. The molecule has 0 spiro atoms. The Labute approximate surface area is 135 Å². The molecule has 23 heavy (non-hydrogen) atoms. The van der Waals surface area contributed by atoms with Gasteiger partial charge < -0.3 is 10.2 Å². The van der Waals surface area contributed by atoms with E-state index in [9.17, 15) is 9.59 Å². The topological polar surface area (TPSA) is 62.3 Å². The highest BCUT2D eigenvalue weighted by Crippen LogP contribution is 2.33. The largest absolute Gasteiger partial charge is 0.328 e. The van der Waals surface area contributed by atoms with Crippen LogP contribution < -0.4 is 5.32 Å². The minimum atomic E-state index is -0.761.